The Morgan fingerprint density at radius 2 is 2.26 bits per heavy atom. The molecule has 1 fully saturated rings. The van der Waals surface area contributed by atoms with Gasteiger partial charge in [-0.3, -0.25) is 9.59 Å². The number of hydrogen-bond acceptors (Lipinski definition) is 4. The zero-order valence-corrected chi connectivity index (χ0v) is 11.4. The summed E-state index contributed by atoms with van der Waals surface area (Å²) in [4.78, 5) is 24.8. The average Bonchev–Trinajstić information content (AvgIpc) is 3.15. The van der Waals surface area contributed by atoms with Gasteiger partial charge in [-0.1, -0.05) is 0 Å². The van der Waals surface area contributed by atoms with Crippen molar-refractivity contribution in [3.8, 4) is 0 Å². The fourth-order valence-corrected chi connectivity index (χ4v) is 1.75. The zero-order valence-electron chi connectivity index (χ0n) is 11.4. The lowest BCUT2D eigenvalue weighted by Gasteiger charge is -2.10. The van der Waals surface area contributed by atoms with Crippen molar-refractivity contribution in [3.63, 3.8) is 0 Å². The molecule has 1 aromatic heterocycles. The third-order valence-electron chi connectivity index (χ3n) is 3.08. The molecule has 6 heteroatoms. The van der Waals surface area contributed by atoms with Crippen LogP contribution < -0.4 is 10.9 Å². The maximum atomic E-state index is 11.8. The van der Waals surface area contributed by atoms with Gasteiger partial charge < -0.3 is 10.2 Å². The van der Waals surface area contributed by atoms with Crippen LogP contribution in [0.2, 0.25) is 0 Å². The van der Waals surface area contributed by atoms with Crippen LogP contribution in [-0.4, -0.2) is 40.7 Å². The highest BCUT2D eigenvalue weighted by Gasteiger charge is 2.21. The highest BCUT2D eigenvalue weighted by atomic mass is 16.2. The maximum Gasteiger partial charge on any atom is 0.268 e. The topological polar surface area (TPSA) is 67.2 Å². The van der Waals surface area contributed by atoms with E-state index in [4.69, 9.17) is 0 Å². The number of aromatic nitrogens is 2. The molecule has 1 heterocycles. The Morgan fingerprint density at radius 3 is 2.84 bits per heavy atom. The second-order valence-corrected chi connectivity index (χ2v) is 5.12. The molecule has 1 saturated carbocycles. The van der Waals surface area contributed by atoms with Gasteiger partial charge in [-0.15, -0.1) is 0 Å². The summed E-state index contributed by atoms with van der Waals surface area (Å²) in [6.07, 6.45) is 5.06. The second kappa shape index (κ2) is 5.86. The molecule has 1 amide bonds. The van der Waals surface area contributed by atoms with Gasteiger partial charge in [-0.25, -0.2) is 4.68 Å². The molecule has 0 spiro atoms. The van der Waals surface area contributed by atoms with Crippen LogP contribution >= 0.6 is 0 Å². The van der Waals surface area contributed by atoms with E-state index in [2.05, 4.69) is 10.4 Å². The number of nitrogens with one attached hydrogen (secondary N) is 1. The van der Waals surface area contributed by atoms with Gasteiger partial charge in [-0.05, 0) is 19.3 Å². The number of carbonyl (C=O) groups is 1. The molecule has 0 atom stereocenters. The monoisotopic (exact) mass is 264 g/mol. The van der Waals surface area contributed by atoms with E-state index in [0.29, 0.717) is 25.4 Å². The first-order valence-corrected chi connectivity index (χ1v) is 6.60. The summed E-state index contributed by atoms with van der Waals surface area (Å²) in [5, 5.41) is 7.35. The van der Waals surface area contributed by atoms with E-state index < -0.39 is 0 Å². The van der Waals surface area contributed by atoms with E-state index in [0.717, 1.165) is 18.5 Å². The molecule has 0 unspecified atom stereocenters. The van der Waals surface area contributed by atoms with Crippen LogP contribution in [0.3, 0.4) is 0 Å². The normalized spacial score (nSPS) is 14.2. The molecule has 1 aromatic rings. The zero-order chi connectivity index (χ0) is 13.8. The molecule has 0 radical (unpaired) electrons. The number of rotatable bonds is 6. The van der Waals surface area contributed by atoms with Crippen molar-refractivity contribution in [2.75, 3.05) is 19.4 Å². The lowest BCUT2D eigenvalue weighted by atomic mass is 10.3. The highest BCUT2D eigenvalue weighted by Crippen LogP contribution is 2.23. The SMILES string of the molecule is CN(C)C(=O)CCCn1ncc(NC2CC2)cc1=O. The molecule has 1 aliphatic carbocycles. The Labute approximate surface area is 112 Å². The van der Waals surface area contributed by atoms with Crippen molar-refractivity contribution < 1.29 is 4.79 Å². The van der Waals surface area contributed by atoms with Gasteiger partial charge >= 0.3 is 0 Å². The van der Waals surface area contributed by atoms with E-state index in [1.54, 1.807) is 31.3 Å². The van der Waals surface area contributed by atoms with Crippen LogP contribution in [0, 0.1) is 0 Å². The minimum absolute atomic E-state index is 0.0695. The van der Waals surface area contributed by atoms with Crippen molar-refractivity contribution in [2.24, 2.45) is 0 Å². The van der Waals surface area contributed by atoms with Crippen molar-refractivity contribution in [2.45, 2.75) is 38.3 Å². The van der Waals surface area contributed by atoms with Gasteiger partial charge in [0.05, 0.1) is 11.9 Å². The molecule has 2 rings (SSSR count). The molecule has 6 nitrogen and oxygen atoms in total. The highest BCUT2D eigenvalue weighted by molar-refractivity contribution is 5.75. The van der Waals surface area contributed by atoms with Crippen LogP contribution in [0.15, 0.2) is 17.1 Å². The molecule has 19 heavy (non-hydrogen) atoms. The van der Waals surface area contributed by atoms with Gasteiger partial charge in [0.15, 0.2) is 0 Å². The average molecular weight is 264 g/mol. The number of anilines is 1. The fraction of sp³-hybridized carbons (Fsp3) is 0.615. The minimum atomic E-state index is -0.122. The standard InChI is InChI=1S/C13H20N4O2/c1-16(2)12(18)4-3-7-17-13(19)8-11(9-14-17)15-10-5-6-10/h8-10,15H,3-7H2,1-2H3. The van der Waals surface area contributed by atoms with Gasteiger partial charge in [0.1, 0.15) is 0 Å². The van der Waals surface area contributed by atoms with Crippen molar-refractivity contribution >= 4 is 11.6 Å². The van der Waals surface area contributed by atoms with E-state index >= 15 is 0 Å². The van der Waals surface area contributed by atoms with Crippen LogP contribution in [0.25, 0.3) is 0 Å². The first-order valence-electron chi connectivity index (χ1n) is 6.60. The molecule has 0 bridgehead atoms. The summed E-state index contributed by atoms with van der Waals surface area (Å²) in [5.74, 6) is 0.0695. The fourth-order valence-electron chi connectivity index (χ4n) is 1.75. The minimum Gasteiger partial charge on any atom is -0.381 e. The van der Waals surface area contributed by atoms with Crippen molar-refractivity contribution in [1.82, 2.24) is 14.7 Å². The van der Waals surface area contributed by atoms with Crippen LogP contribution in [0.5, 0.6) is 0 Å². The van der Waals surface area contributed by atoms with Gasteiger partial charge in [0.2, 0.25) is 5.91 Å². The predicted octanol–water partition coefficient (Wildman–Crippen LogP) is 0.686. The Bertz CT molecular complexity index is 506. The Kier molecular flexibility index (Phi) is 4.19. The third kappa shape index (κ3) is 4.08. The largest absolute Gasteiger partial charge is 0.381 e. The van der Waals surface area contributed by atoms with E-state index in [-0.39, 0.29) is 11.5 Å². The van der Waals surface area contributed by atoms with Crippen LogP contribution in [0.4, 0.5) is 5.69 Å². The summed E-state index contributed by atoms with van der Waals surface area (Å²) in [7, 11) is 3.45. The summed E-state index contributed by atoms with van der Waals surface area (Å²) < 4.78 is 1.40. The van der Waals surface area contributed by atoms with Gasteiger partial charge in [-0.2, -0.15) is 5.10 Å². The lowest BCUT2D eigenvalue weighted by Crippen LogP contribution is -2.25. The van der Waals surface area contributed by atoms with Gasteiger partial charge in [0, 0.05) is 39.2 Å². The summed E-state index contributed by atoms with van der Waals surface area (Å²) in [6.45, 7) is 0.474. The van der Waals surface area contributed by atoms with E-state index in [1.807, 2.05) is 0 Å². The summed E-state index contributed by atoms with van der Waals surface area (Å²) in [6, 6.07) is 2.08. The number of carbonyl (C=O) groups excluding carboxylic acids is 1. The van der Waals surface area contributed by atoms with Crippen LogP contribution in [-0.2, 0) is 11.3 Å². The number of nitrogens with zero attached hydrogens (tertiary/aromatic N) is 3. The molecular weight excluding hydrogens is 244 g/mol. The quantitative estimate of drug-likeness (QED) is 0.820. The molecule has 104 valence electrons. The van der Waals surface area contributed by atoms with E-state index in [1.165, 1.54) is 4.68 Å². The summed E-state index contributed by atoms with van der Waals surface area (Å²) in [5.41, 5.74) is 0.663. The molecule has 0 aromatic carbocycles. The molecule has 1 aliphatic rings. The molecule has 1 N–H and O–H groups in total. The molecular formula is C13H20N4O2. The Balaban J connectivity index is 1.86. The first-order chi connectivity index (χ1) is 9.06. The second-order valence-electron chi connectivity index (χ2n) is 5.12. The summed E-state index contributed by atoms with van der Waals surface area (Å²) >= 11 is 0. The third-order valence-corrected chi connectivity index (χ3v) is 3.08. The Hall–Kier alpha value is -1.85. The number of aryl methyl sites for hydroxylation is 1. The molecule has 0 saturated heterocycles. The Morgan fingerprint density at radius 1 is 1.53 bits per heavy atom. The smallest absolute Gasteiger partial charge is 0.268 e. The number of hydrogen-bond donors (Lipinski definition) is 1. The number of amides is 1. The van der Waals surface area contributed by atoms with Crippen LogP contribution in [0.1, 0.15) is 25.7 Å². The predicted molar refractivity (Wildman–Crippen MR) is 73.1 cm³/mol. The lowest BCUT2D eigenvalue weighted by molar-refractivity contribution is -0.128. The first kappa shape index (κ1) is 13.6. The molecule has 0 aliphatic heterocycles. The maximum absolute atomic E-state index is 11.8. The van der Waals surface area contributed by atoms with Crippen molar-refractivity contribution in [1.29, 1.82) is 0 Å². The van der Waals surface area contributed by atoms with Crippen molar-refractivity contribution in [3.05, 3.63) is 22.6 Å². The van der Waals surface area contributed by atoms with E-state index in [9.17, 15) is 9.59 Å². The van der Waals surface area contributed by atoms with Gasteiger partial charge in [0.25, 0.3) is 5.56 Å².